The Morgan fingerprint density at radius 2 is 2.10 bits per heavy atom. The summed E-state index contributed by atoms with van der Waals surface area (Å²) in [5.74, 6) is -0.766. The first-order valence-corrected chi connectivity index (χ1v) is 7.24. The number of benzene rings is 1. The van der Waals surface area contributed by atoms with E-state index in [9.17, 15) is 13.5 Å². The van der Waals surface area contributed by atoms with Gasteiger partial charge in [-0.05, 0) is 37.4 Å². The first kappa shape index (κ1) is 20.4. The van der Waals surface area contributed by atoms with E-state index < -0.39 is 16.0 Å². The van der Waals surface area contributed by atoms with Gasteiger partial charge in [0.1, 0.15) is 0 Å². The van der Waals surface area contributed by atoms with Crippen molar-refractivity contribution in [3.8, 4) is 0 Å². The molecule has 10 heteroatoms. The number of nitrogens with one attached hydrogen (secondary N) is 2. The van der Waals surface area contributed by atoms with Gasteiger partial charge in [0.2, 0.25) is 0 Å². The molecular formula is C11H13ClN3NaO4S. The minimum Gasteiger partial charge on any atom is -0.862 e. The van der Waals surface area contributed by atoms with Crippen LogP contribution >= 0.6 is 11.6 Å². The van der Waals surface area contributed by atoms with Gasteiger partial charge in [-0.25, -0.2) is 0 Å². The molecule has 0 saturated heterocycles. The molecule has 21 heavy (non-hydrogen) atoms. The van der Waals surface area contributed by atoms with Crippen LogP contribution in [0.4, 0.5) is 5.69 Å². The Balaban J connectivity index is 0.00000400. The van der Waals surface area contributed by atoms with Crippen LogP contribution in [0.3, 0.4) is 0 Å². The van der Waals surface area contributed by atoms with E-state index in [0.717, 1.165) is 6.07 Å². The second kappa shape index (κ2) is 8.11. The van der Waals surface area contributed by atoms with Gasteiger partial charge in [0.25, 0.3) is 10.1 Å². The van der Waals surface area contributed by atoms with E-state index >= 15 is 0 Å². The normalized spacial score (nSPS) is 11.7. The third-order valence-electron chi connectivity index (χ3n) is 2.33. The van der Waals surface area contributed by atoms with Gasteiger partial charge in [-0.3, -0.25) is 9.98 Å². The van der Waals surface area contributed by atoms with Crippen molar-refractivity contribution in [1.29, 1.82) is 5.41 Å². The summed E-state index contributed by atoms with van der Waals surface area (Å²) in [4.78, 5) is -0.312. The third kappa shape index (κ3) is 6.33. The van der Waals surface area contributed by atoms with Crippen molar-refractivity contribution in [2.45, 2.75) is 25.2 Å². The summed E-state index contributed by atoms with van der Waals surface area (Å²) < 4.78 is 31.0. The summed E-state index contributed by atoms with van der Waals surface area (Å²) in [5, 5.41) is 21.3. The van der Waals surface area contributed by atoms with Crippen LogP contribution in [-0.2, 0) is 10.1 Å². The summed E-state index contributed by atoms with van der Waals surface area (Å²) in [7, 11) is -4.33. The number of hydrogen-bond acceptors (Lipinski definition) is 6. The van der Waals surface area contributed by atoms with E-state index in [1.165, 1.54) is 6.07 Å². The van der Waals surface area contributed by atoms with Crippen molar-refractivity contribution < 1.29 is 47.6 Å². The van der Waals surface area contributed by atoms with Crippen molar-refractivity contribution in [3.05, 3.63) is 22.7 Å². The van der Waals surface area contributed by atoms with Gasteiger partial charge in [-0.1, -0.05) is 11.6 Å². The maximum atomic E-state index is 11.0. The molecule has 0 amide bonds. The zero-order chi connectivity index (χ0) is 15.5. The molecule has 0 aliphatic rings. The topological polar surface area (TPSA) is 126 Å². The number of halogens is 1. The van der Waals surface area contributed by atoms with Crippen molar-refractivity contribution in [2.75, 3.05) is 5.43 Å². The summed E-state index contributed by atoms with van der Waals surface area (Å²) in [5.41, 5.74) is 3.81. The molecule has 0 radical (unpaired) electrons. The van der Waals surface area contributed by atoms with Crippen LogP contribution in [0.2, 0.25) is 5.02 Å². The minimum atomic E-state index is -4.33. The number of hydrazone groups is 1. The van der Waals surface area contributed by atoms with Gasteiger partial charge in [0.05, 0.1) is 15.6 Å². The average molecular weight is 342 g/mol. The maximum Gasteiger partial charge on any atom is 1.00 e. The number of aryl methyl sites for hydroxylation is 1. The van der Waals surface area contributed by atoms with Gasteiger partial charge in [-0.15, -0.1) is 0 Å². The largest absolute Gasteiger partial charge is 1.00 e. The predicted octanol–water partition coefficient (Wildman–Crippen LogP) is -1.59. The van der Waals surface area contributed by atoms with Crippen molar-refractivity contribution in [2.24, 2.45) is 5.10 Å². The van der Waals surface area contributed by atoms with Gasteiger partial charge in [-0.2, -0.15) is 13.5 Å². The Labute approximate surface area is 149 Å². The molecule has 0 saturated carbocycles. The Morgan fingerprint density at radius 1 is 1.52 bits per heavy atom. The summed E-state index contributed by atoms with van der Waals surface area (Å²) in [6, 6.07) is 2.33. The minimum absolute atomic E-state index is 0. The maximum absolute atomic E-state index is 11.0. The molecule has 0 aliphatic carbocycles. The van der Waals surface area contributed by atoms with Crippen molar-refractivity contribution >= 4 is 39.0 Å². The van der Waals surface area contributed by atoms with Crippen molar-refractivity contribution in [3.63, 3.8) is 0 Å². The van der Waals surface area contributed by atoms with Crippen LogP contribution in [0, 0.1) is 12.3 Å². The molecule has 0 spiro atoms. The molecule has 0 unspecified atom stereocenters. The summed E-state index contributed by atoms with van der Waals surface area (Å²) in [6.45, 7) is 3.15. The van der Waals surface area contributed by atoms with Crippen LogP contribution in [-0.4, -0.2) is 24.6 Å². The van der Waals surface area contributed by atoms with Crippen LogP contribution in [0.25, 0.3) is 0 Å². The van der Waals surface area contributed by atoms with E-state index in [1.807, 2.05) is 0 Å². The molecule has 0 heterocycles. The fraction of sp³-hybridized carbons (Fsp3) is 0.273. The van der Waals surface area contributed by atoms with Gasteiger partial charge in [0.15, 0.2) is 0 Å². The first-order chi connectivity index (χ1) is 9.11. The fourth-order valence-electron chi connectivity index (χ4n) is 1.43. The van der Waals surface area contributed by atoms with Crippen LogP contribution in [0.5, 0.6) is 0 Å². The summed E-state index contributed by atoms with van der Waals surface area (Å²) >= 11 is 5.92. The Bertz CT molecular complexity index is 653. The zero-order valence-electron chi connectivity index (χ0n) is 11.8. The number of anilines is 1. The fourth-order valence-corrected chi connectivity index (χ4v) is 2.39. The molecule has 110 valence electrons. The molecular weight excluding hydrogens is 329 g/mol. The van der Waals surface area contributed by atoms with Gasteiger partial charge < -0.3 is 10.5 Å². The molecule has 1 aromatic carbocycles. The SMILES string of the molecule is C/C(CC(=N)[O-])=N/Nc1c(C)cc(S(=O)(=O)O)cc1Cl.[Na+]. The second-order valence-electron chi connectivity index (χ2n) is 4.13. The Hall–Kier alpha value is -0.640. The number of rotatable bonds is 5. The van der Waals surface area contributed by atoms with Crippen LogP contribution in [0.1, 0.15) is 18.9 Å². The monoisotopic (exact) mass is 341 g/mol. The standard InChI is InChI=1S/C11H14ClN3O4S.Na/c1-6-3-8(20(17,18)19)5-9(12)11(6)15-14-7(2)4-10(13)16;/h3,5,15H,4H2,1-2H3,(H2,13,16)(H,17,18,19);/q;+1/p-1/b14-7-;. The smallest absolute Gasteiger partial charge is 0.862 e. The number of hydrogen-bond donors (Lipinski definition) is 3. The molecule has 1 rings (SSSR count). The molecule has 7 nitrogen and oxygen atoms in total. The van der Waals surface area contributed by atoms with E-state index in [0.29, 0.717) is 17.0 Å². The van der Waals surface area contributed by atoms with E-state index in [4.69, 9.17) is 21.6 Å². The molecule has 0 atom stereocenters. The molecule has 0 fully saturated rings. The van der Waals surface area contributed by atoms with Crippen molar-refractivity contribution in [1.82, 2.24) is 0 Å². The molecule has 0 aliphatic heterocycles. The summed E-state index contributed by atoms with van der Waals surface area (Å²) in [6.07, 6.45) is -0.118. The number of nitrogens with zero attached hydrogens (tertiary/aromatic N) is 1. The van der Waals surface area contributed by atoms with E-state index in [2.05, 4.69) is 10.5 Å². The quantitative estimate of drug-likeness (QED) is 0.196. The predicted molar refractivity (Wildman–Crippen MR) is 75.1 cm³/mol. The molecule has 3 N–H and O–H groups in total. The average Bonchev–Trinajstić information content (AvgIpc) is 2.25. The third-order valence-corrected chi connectivity index (χ3v) is 3.46. The molecule has 0 bridgehead atoms. The Morgan fingerprint density at radius 3 is 2.52 bits per heavy atom. The van der Waals surface area contributed by atoms with Gasteiger partial charge >= 0.3 is 29.6 Å². The second-order valence-corrected chi connectivity index (χ2v) is 5.96. The van der Waals surface area contributed by atoms with Crippen LogP contribution in [0.15, 0.2) is 22.1 Å². The van der Waals surface area contributed by atoms with Gasteiger partial charge in [0, 0.05) is 12.1 Å². The first-order valence-electron chi connectivity index (χ1n) is 5.42. The van der Waals surface area contributed by atoms with E-state index in [-0.39, 0.29) is 45.9 Å². The van der Waals surface area contributed by atoms with E-state index in [1.54, 1.807) is 13.8 Å². The molecule has 1 aromatic rings. The Kier molecular flexibility index (Phi) is 7.87. The van der Waals surface area contributed by atoms with Crippen LogP contribution < -0.4 is 40.1 Å². The zero-order valence-corrected chi connectivity index (χ0v) is 15.3. The molecule has 0 aromatic heterocycles.